The number of aromatic nitrogens is 4. The van der Waals surface area contributed by atoms with Crippen molar-refractivity contribution in [3.05, 3.63) is 26.7 Å². The molecule has 104 valence electrons. The normalized spacial score (nSPS) is 13.1. The lowest BCUT2D eigenvalue weighted by atomic mass is 10.3. The maximum absolute atomic E-state index is 12.5. The maximum atomic E-state index is 12.5. The van der Waals surface area contributed by atoms with E-state index in [1.807, 2.05) is 6.92 Å². The Morgan fingerprint density at radius 2 is 1.89 bits per heavy atom. The summed E-state index contributed by atoms with van der Waals surface area (Å²) in [6.45, 7) is 3.95. The molecule has 0 aliphatic carbocycles. The molecule has 0 bridgehead atoms. The van der Waals surface area contributed by atoms with Crippen molar-refractivity contribution in [2.45, 2.75) is 26.3 Å². The van der Waals surface area contributed by atoms with Crippen LogP contribution in [0.15, 0.2) is 9.59 Å². The second kappa shape index (κ2) is 4.65. The molecule has 0 aliphatic heterocycles. The highest BCUT2D eigenvalue weighted by atomic mass is 16.2. The topological polar surface area (TPSA) is 87.8 Å². The van der Waals surface area contributed by atoms with Crippen LogP contribution in [0.5, 0.6) is 0 Å². The maximum Gasteiger partial charge on any atom is 0.332 e. The molecule has 7 heteroatoms. The lowest BCUT2D eigenvalue weighted by molar-refractivity contribution is 0.501. The number of aryl methyl sites for hydroxylation is 3. The molecule has 0 amide bonds. The molecule has 1 unspecified atom stereocenters. The van der Waals surface area contributed by atoms with E-state index in [1.54, 1.807) is 25.6 Å². The van der Waals surface area contributed by atoms with Crippen molar-refractivity contribution in [1.82, 2.24) is 18.7 Å². The van der Waals surface area contributed by atoms with Crippen LogP contribution in [0.25, 0.3) is 11.2 Å². The van der Waals surface area contributed by atoms with Crippen molar-refractivity contribution in [3.63, 3.8) is 0 Å². The highest BCUT2D eigenvalue weighted by molar-refractivity contribution is 5.70. The summed E-state index contributed by atoms with van der Waals surface area (Å²) in [4.78, 5) is 29.1. The fourth-order valence-corrected chi connectivity index (χ4v) is 2.27. The first kappa shape index (κ1) is 13.5. The molecule has 0 fully saturated rings. The molecule has 2 N–H and O–H groups in total. The number of hydrogen-bond acceptors (Lipinski definition) is 4. The van der Waals surface area contributed by atoms with Gasteiger partial charge in [-0.25, -0.2) is 9.78 Å². The molecule has 0 saturated carbocycles. The average molecular weight is 265 g/mol. The second-order valence-corrected chi connectivity index (χ2v) is 4.71. The zero-order chi connectivity index (χ0) is 14.3. The van der Waals surface area contributed by atoms with Crippen LogP contribution in [0, 0.1) is 0 Å². The van der Waals surface area contributed by atoms with Crippen molar-refractivity contribution in [2.24, 2.45) is 19.8 Å². The van der Waals surface area contributed by atoms with Crippen LogP contribution in [0.3, 0.4) is 0 Å². The standard InChI is InChI=1S/C12H19N5O2/c1-5-8-14-10-9(15(8)3)11(18)17(7(2)6-13)12(19)16(10)4/h7H,5-6,13H2,1-4H3. The highest BCUT2D eigenvalue weighted by Crippen LogP contribution is 2.10. The fourth-order valence-electron chi connectivity index (χ4n) is 2.27. The minimum absolute atomic E-state index is 0.235. The van der Waals surface area contributed by atoms with Gasteiger partial charge in [-0.05, 0) is 6.92 Å². The van der Waals surface area contributed by atoms with Crippen molar-refractivity contribution >= 4 is 11.2 Å². The van der Waals surface area contributed by atoms with Crippen molar-refractivity contribution in [3.8, 4) is 0 Å². The second-order valence-electron chi connectivity index (χ2n) is 4.71. The Labute approximate surface area is 110 Å². The van der Waals surface area contributed by atoms with E-state index < -0.39 is 0 Å². The van der Waals surface area contributed by atoms with E-state index >= 15 is 0 Å². The summed E-state index contributed by atoms with van der Waals surface area (Å²) in [6, 6.07) is -0.337. The van der Waals surface area contributed by atoms with Gasteiger partial charge in [-0.2, -0.15) is 0 Å². The van der Waals surface area contributed by atoms with E-state index in [0.29, 0.717) is 17.6 Å². The van der Waals surface area contributed by atoms with Gasteiger partial charge in [0.25, 0.3) is 5.56 Å². The highest BCUT2D eigenvalue weighted by Gasteiger charge is 2.19. The van der Waals surface area contributed by atoms with Gasteiger partial charge in [-0.3, -0.25) is 13.9 Å². The van der Waals surface area contributed by atoms with Crippen molar-refractivity contribution < 1.29 is 0 Å². The van der Waals surface area contributed by atoms with E-state index in [9.17, 15) is 9.59 Å². The smallest absolute Gasteiger partial charge is 0.328 e. The SMILES string of the molecule is CCc1nc2c(c(=O)n(C(C)CN)c(=O)n2C)n1C. The number of hydrogen-bond donors (Lipinski definition) is 1. The van der Waals surface area contributed by atoms with Gasteiger partial charge in [0.15, 0.2) is 11.2 Å². The van der Waals surface area contributed by atoms with Gasteiger partial charge in [0.2, 0.25) is 0 Å². The summed E-state index contributed by atoms with van der Waals surface area (Å²) in [5, 5.41) is 0. The Morgan fingerprint density at radius 1 is 1.26 bits per heavy atom. The Balaban J connectivity index is 3.00. The van der Waals surface area contributed by atoms with Crippen molar-refractivity contribution in [2.75, 3.05) is 6.54 Å². The number of rotatable bonds is 3. The third-order valence-electron chi connectivity index (χ3n) is 3.50. The summed E-state index contributed by atoms with van der Waals surface area (Å²) < 4.78 is 4.35. The predicted octanol–water partition coefficient (Wildman–Crippen LogP) is -0.484. The molecule has 2 aromatic heterocycles. The summed E-state index contributed by atoms with van der Waals surface area (Å²) in [5.74, 6) is 0.778. The van der Waals surface area contributed by atoms with E-state index in [4.69, 9.17) is 5.73 Å². The third kappa shape index (κ3) is 1.81. The first-order valence-corrected chi connectivity index (χ1v) is 6.30. The molecule has 19 heavy (non-hydrogen) atoms. The molecule has 1 atom stereocenters. The van der Waals surface area contributed by atoms with E-state index in [0.717, 1.165) is 5.82 Å². The fraction of sp³-hybridized carbons (Fsp3) is 0.583. The first-order valence-electron chi connectivity index (χ1n) is 6.30. The molecule has 0 aliphatic rings. The Bertz CT molecular complexity index is 737. The summed E-state index contributed by atoms with van der Waals surface area (Å²) in [6.07, 6.45) is 0.700. The van der Waals surface area contributed by atoms with Gasteiger partial charge < -0.3 is 10.3 Å². The van der Waals surface area contributed by atoms with Crippen LogP contribution < -0.4 is 17.0 Å². The Morgan fingerprint density at radius 3 is 2.42 bits per heavy atom. The van der Waals surface area contributed by atoms with Gasteiger partial charge in [0, 0.05) is 27.1 Å². The largest absolute Gasteiger partial charge is 0.332 e. The number of fused-ring (bicyclic) bond motifs is 1. The number of nitrogens with two attached hydrogens (primary N) is 1. The lowest BCUT2D eigenvalue weighted by Crippen LogP contribution is -2.43. The minimum atomic E-state index is -0.379. The van der Waals surface area contributed by atoms with Gasteiger partial charge >= 0.3 is 5.69 Å². The van der Waals surface area contributed by atoms with E-state index in [2.05, 4.69) is 4.98 Å². The van der Waals surface area contributed by atoms with Gasteiger partial charge in [0.05, 0.1) is 6.04 Å². The molecule has 0 radical (unpaired) electrons. The van der Waals surface area contributed by atoms with Gasteiger partial charge in [0.1, 0.15) is 5.82 Å². The van der Waals surface area contributed by atoms with E-state index in [1.165, 1.54) is 9.13 Å². The molecule has 0 aromatic carbocycles. The Kier molecular flexibility index (Phi) is 3.32. The molecular formula is C12H19N5O2. The summed E-state index contributed by atoms with van der Waals surface area (Å²) >= 11 is 0. The average Bonchev–Trinajstić information content (AvgIpc) is 2.73. The van der Waals surface area contributed by atoms with Crippen LogP contribution in [-0.2, 0) is 20.5 Å². The first-order chi connectivity index (χ1) is 8.93. The third-order valence-corrected chi connectivity index (χ3v) is 3.50. The molecule has 7 nitrogen and oxygen atoms in total. The van der Waals surface area contributed by atoms with Crippen LogP contribution >= 0.6 is 0 Å². The predicted molar refractivity (Wildman–Crippen MR) is 73.4 cm³/mol. The molecular weight excluding hydrogens is 246 g/mol. The monoisotopic (exact) mass is 265 g/mol. The lowest BCUT2D eigenvalue weighted by Gasteiger charge is -2.13. The zero-order valence-electron chi connectivity index (χ0n) is 11.7. The molecule has 2 heterocycles. The molecule has 0 saturated heterocycles. The van der Waals surface area contributed by atoms with Gasteiger partial charge in [-0.15, -0.1) is 0 Å². The van der Waals surface area contributed by atoms with Crippen LogP contribution in [0.1, 0.15) is 25.7 Å². The Hall–Kier alpha value is -1.89. The number of nitrogens with zero attached hydrogens (tertiary/aromatic N) is 4. The zero-order valence-corrected chi connectivity index (χ0v) is 11.7. The van der Waals surface area contributed by atoms with Crippen LogP contribution in [0.2, 0.25) is 0 Å². The minimum Gasteiger partial charge on any atom is -0.328 e. The van der Waals surface area contributed by atoms with E-state index in [-0.39, 0.29) is 23.8 Å². The summed E-state index contributed by atoms with van der Waals surface area (Å²) in [5.41, 5.74) is 5.74. The van der Waals surface area contributed by atoms with Crippen LogP contribution in [-0.4, -0.2) is 25.2 Å². The number of imidazole rings is 1. The molecule has 0 spiro atoms. The quantitative estimate of drug-likeness (QED) is 0.811. The summed E-state index contributed by atoms with van der Waals surface area (Å²) in [7, 11) is 3.41. The molecule has 2 rings (SSSR count). The molecule has 2 aromatic rings. The van der Waals surface area contributed by atoms with Gasteiger partial charge in [-0.1, -0.05) is 6.92 Å². The van der Waals surface area contributed by atoms with Crippen LogP contribution in [0.4, 0.5) is 0 Å². The van der Waals surface area contributed by atoms with Crippen molar-refractivity contribution in [1.29, 1.82) is 0 Å².